The fourth-order valence-electron chi connectivity index (χ4n) is 2.39. The van der Waals surface area contributed by atoms with Gasteiger partial charge in [-0.05, 0) is 23.8 Å². The molecule has 0 spiro atoms. The summed E-state index contributed by atoms with van der Waals surface area (Å²) in [6, 6.07) is 12.7. The number of aliphatic hydroxyl groups excluding tert-OH is 1. The summed E-state index contributed by atoms with van der Waals surface area (Å²) in [6.07, 6.45) is -4.47. The van der Waals surface area contributed by atoms with Gasteiger partial charge in [-0.15, -0.1) is 0 Å². The van der Waals surface area contributed by atoms with Crippen molar-refractivity contribution < 1.29 is 18.3 Å². The van der Waals surface area contributed by atoms with Crippen molar-refractivity contribution >= 4 is 22.9 Å². The van der Waals surface area contributed by atoms with Gasteiger partial charge in [0, 0.05) is 24.3 Å². The van der Waals surface area contributed by atoms with E-state index in [-0.39, 0.29) is 23.7 Å². The Kier molecular flexibility index (Phi) is 5.80. The molecular weight excluding hydrogens is 337 g/mol. The number of alkyl halides is 3. The molecule has 24 heavy (non-hydrogen) atoms. The quantitative estimate of drug-likeness (QED) is 0.781. The van der Waals surface area contributed by atoms with Crippen LogP contribution in [-0.4, -0.2) is 23.2 Å². The number of nitrogens with zero attached hydrogens (tertiary/aromatic N) is 1. The van der Waals surface area contributed by atoms with Gasteiger partial charge in [-0.2, -0.15) is 13.2 Å². The number of anilines is 1. The molecule has 0 bridgehead atoms. The second-order valence-electron chi connectivity index (χ2n) is 5.22. The van der Waals surface area contributed by atoms with Gasteiger partial charge >= 0.3 is 6.18 Å². The maximum absolute atomic E-state index is 12.9. The molecule has 7 heteroatoms. The third kappa shape index (κ3) is 4.46. The van der Waals surface area contributed by atoms with Crippen LogP contribution in [-0.2, 0) is 12.7 Å². The smallest absolute Gasteiger partial charge is 0.395 e. The molecule has 0 aromatic heterocycles. The van der Waals surface area contributed by atoms with Crippen LogP contribution in [0.3, 0.4) is 0 Å². The van der Waals surface area contributed by atoms with Crippen LogP contribution in [0.5, 0.6) is 0 Å². The number of hydrogen-bond donors (Lipinski definition) is 2. The van der Waals surface area contributed by atoms with Gasteiger partial charge < -0.3 is 15.7 Å². The maximum Gasteiger partial charge on any atom is 0.416 e. The summed E-state index contributed by atoms with van der Waals surface area (Å²) in [4.78, 5) is 1.64. The minimum Gasteiger partial charge on any atom is -0.395 e. The lowest BCUT2D eigenvalue weighted by atomic mass is 10.1. The average Bonchev–Trinajstić information content (AvgIpc) is 2.54. The summed E-state index contributed by atoms with van der Waals surface area (Å²) < 4.78 is 38.8. The van der Waals surface area contributed by atoms with E-state index >= 15 is 0 Å². The van der Waals surface area contributed by atoms with Crippen molar-refractivity contribution in [2.75, 3.05) is 18.1 Å². The maximum atomic E-state index is 12.9. The Morgan fingerprint density at radius 2 is 1.79 bits per heavy atom. The largest absolute Gasteiger partial charge is 0.416 e. The SMILES string of the molecule is NC(=S)c1cc(C(F)(F)F)ccc1N(CCO)Cc1ccccc1. The number of nitrogens with two attached hydrogens (primary N) is 1. The lowest BCUT2D eigenvalue weighted by Crippen LogP contribution is -2.29. The molecule has 0 fully saturated rings. The third-order valence-corrected chi connectivity index (χ3v) is 3.74. The minimum atomic E-state index is -4.47. The van der Waals surface area contributed by atoms with Crippen molar-refractivity contribution in [3.8, 4) is 0 Å². The summed E-state index contributed by atoms with van der Waals surface area (Å²) in [7, 11) is 0. The summed E-state index contributed by atoms with van der Waals surface area (Å²) >= 11 is 4.92. The summed E-state index contributed by atoms with van der Waals surface area (Å²) in [5.74, 6) is 0. The molecule has 2 aromatic rings. The summed E-state index contributed by atoms with van der Waals surface area (Å²) in [5.41, 5.74) is 6.39. The van der Waals surface area contributed by atoms with Crippen LogP contribution in [0.25, 0.3) is 0 Å². The van der Waals surface area contributed by atoms with Crippen molar-refractivity contribution in [1.29, 1.82) is 0 Å². The Bertz CT molecular complexity index is 705. The van der Waals surface area contributed by atoms with Crippen LogP contribution in [0.1, 0.15) is 16.7 Å². The molecule has 0 aliphatic rings. The molecule has 0 aliphatic heterocycles. The van der Waals surface area contributed by atoms with E-state index in [1.807, 2.05) is 30.3 Å². The van der Waals surface area contributed by atoms with E-state index in [1.54, 1.807) is 4.90 Å². The molecular formula is C17H17F3N2OS. The van der Waals surface area contributed by atoms with E-state index in [1.165, 1.54) is 6.07 Å². The normalized spacial score (nSPS) is 11.3. The molecule has 2 aromatic carbocycles. The highest BCUT2D eigenvalue weighted by molar-refractivity contribution is 7.80. The van der Waals surface area contributed by atoms with Gasteiger partial charge in [-0.1, -0.05) is 42.5 Å². The van der Waals surface area contributed by atoms with Gasteiger partial charge in [0.25, 0.3) is 0 Å². The predicted octanol–water partition coefficient (Wildman–Crippen LogP) is 3.34. The first-order valence-corrected chi connectivity index (χ1v) is 7.64. The molecule has 128 valence electrons. The van der Waals surface area contributed by atoms with Crippen LogP contribution in [0, 0.1) is 0 Å². The van der Waals surface area contributed by atoms with Crippen molar-refractivity contribution in [2.24, 2.45) is 5.73 Å². The predicted molar refractivity (Wildman–Crippen MR) is 91.9 cm³/mol. The van der Waals surface area contributed by atoms with Gasteiger partial charge in [-0.3, -0.25) is 0 Å². The zero-order valence-electron chi connectivity index (χ0n) is 12.8. The third-order valence-electron chi connectivity index (χ3n) is 3.52. The second-order valence-corrected chi connectivity index (χ2v) is 5.66. The first-order chi connectivity index (χ1) is 11.3. The molecule has 0 aliphatic carbocycles. The van der Waals surface area contributed by atoms with Crippen LogP contribution in [0.15, 0.2) is 48.5 Å². The molecule has 0 amide bonds. The van der Waals surface area contributed by atoms with E-state index in [4.69, 9.17) is 18.0 Å². The number of thiocarbonyl (C=S) groups is 1. The lowest BCUT2D eigenvalue weighted by molar-refractivity contribution is -0.137. The van der Waals surface area contributed by atoms with Gasteiger partial charge in [-0.25, -0.2) is 0 Å². The van der Waals surface area contributed by atoms with E-state index in [0.717, 1.165) is 17.7 Å². The van der Waals surface area contributed by atoms with Gasteiger partial charge in [0.1, 0.15) is 4.99 Å². The standard InChI is InChI=1S/C17H17F3N2OS/c18-17(19,20)13-6-7-15(14(10-13)16(21)24)22(8-9-23)11-12-4-2-1-3-5-12/h1-7,10,23H,8-9,11H2,(H2,21,24). The summed E-state index contributed by atoms with van der Waals surface area (Å²) in [5, 5.41) is 9.30. The zero-order chi connectivity index (χ0) is 17.7. The number of benzene rings is 2. The average molecular weight is 354 g/mol. The first kappa shape index (κ1) is 18.2. The van der Waals surface area contributed by atoms with Gasteiger partial charge in [0.05, 0.1) is 12.2 Å². The molecule has 0 unspecified atom stereocenters. The van der Waals surface area contributed by atoms with Crippen molar-refractivity contribution in [1.82, 2.24) is 0 Å². The van der Waals surface area contributed by atoms with E-state index in [9.17, 15) is 18.3 Å². The second kappa shape index (κ2) is 7.63. The Morgan fingerprint density at radius 1 is 1.12 bits per heavy atom. The van der Waals surface area contributed by atoms with Crippen LogP contribution >= 0.6 is 12.2 Å². The van der Waals surface area contributed by atoms with E-state index < -0.39 is 11.7 Å². The monoisotopic (exact) mass is 354 g/mol. The van der Waals surface area contributed by atoms with Crippen molar-refractivity contribution in [2.45, 2.75) is 12.7 Å². The lowest BCUT2D eigenvalue weighted by Gasteiger charge is -2.27. The molecule has 2 rings (SSSR count). The first-order valence-electron chi connectivity index (χ1n) is 7.23. The molecule has 0 saturated heterocycles. The Balaban J connectivity index is 2.43. The van der Waals surface area contributed by atoms with Gasteiger partial charge in [0.15, 0.2) is 0 Å². The number of halogens is 3. The number of aliphatic hydroxyl groups is 1. The van der Waals surface area contributed by atoms with Gasteiger partial charge in [0.2, 0.25) is 0 Å². The highest BCUT2D eigenvalue weighted by Crippen LogP contribution is 2.33. The Morgan fingerprint density at radius 3 is 2.33 bits per heavy atom. The molecule has 0 radical (unpaired) electrons. The molecule has 3 N–H and O–H groups in total. The topological polar surface area (TPSA) is 49.5 Å². The number of hydrogen-bond acceptors (Lipinski definition) is 3. The van der Waals surface area contributed by atoms with Crippen LogP contribution in [0.2, 0.25) is 0 Å². The zero-order valence-corrected chi connectivity index (χ0v) is 13.6. The summed E-state index contributed by atoms with van der Waals surface area (Å²) in [6.45, 7) is 0.517. The number of rotatable bonds is 6. The minimum absolute atomic E-state index is 0.118. The van der Waals surface area contributed by atoms with E-state index in [2.05, 4.69) is 0 Å². The Labute approximate surface area is 143 Å². The van der Waals surface area contributed by atoms with Crippen molar-refractivity contribution in [3.05, 3.63) is 65.2 Å². The fourth-order valence-corrected chi connectivity index (χ4v) is 2.56. The van der Waals surface area contributed by atoms with Crippen LogP contribution in [0.4, 0.5) is 18.9 Å². The Hall–Kier alpha value is -2.12. The fraction of sp³-hybridized carbons (Fsp3) is 0.235. The molecule has 0 heterocycles. The van der Waals surface area contributed by atoms with E-state index in [0.29, 0.717) is 12.2 Å². The highest BCUT2D eigenvalue weighted by atomic mass is 32.1. The highest BCUT2D eigenvalue weighted by Gasteiger charge is 2.31. The van der Waals surface area contributed by atoms with Crippen molar-refractivity contribution in [3.63, 3.8) is 0 Å². The molecule has 0 atom stereocenters. The molecule has 3 nitrogen and oxygen atoms in total. The molecule has 0 saturated carbocycles. The van der Waals surface area contributed by atoms with Crippen LogP contribution < -0.4 is 10.6 Å².